The third-order valence-corrected chi connectivity index (χ3v) is 2.09. The monoisotopic (exact) mass is 235 g/mol. The van der Waals surface area contributed by atoms with Crippen molar-refractivity contribution in [3.8, 4) is 17.6 Å². The molecule has 1 aromatic rings. The molecule has 0 bridgehead atoms. The molecule has 0 amide bonds. The molecule has 4 nitrogen and oxygen atoms in total. The smallest absolute Gasteiger partial charge is 0.139 e. The first-order valence-corrected chi connectivity index (χ1v) is 5.46. The number of aliphatic hydroxyl groups is 1. The molecule has 1 aromatic heterocycles. The van der Waals surface area contributed by atoms with Gasteiger partial charge < -0.3 is 14.6 Å². The van der Waals surface area contributed by atoms with E-state index in [1.807, 2.05) is 6.92 Å². The fraction of sp³-hybridized carbons (Fsp3) is 0.462. The third kappa shape index (κ3) is 5.34. The van der Waals surface area contributed by atoms with Crippen LogP contribution in [0.25, 0.3) is 0 Å². The molecule has 0 saturated carbocycles. The summed E-state index contributed by atoms with van der Waals surface area (Å²) in [5.41, 5.74) is 0.732. The predicted octanol–water partition coefficient (Wildman–Crippen LogP) is 1.23. The molecular weight excluding hydrogens is 218 g/mol. The van der Waals surface area contributed by atoms with Crippen molar-refractivity contribution in [2.45, 2.75) is 19.4 Å². The molecule has 92 valence electrons. The van der Waals surface area contributed by atoms with Gasteiger partial charge in [0.15, 0.2) is 0 Å². The molecule has 0 spiro atoms. The van der Waals surface area contributed by atoms with Crippen LogP contribution in [0.4, 0.5) is 0 Å². The number of pyridine rings is 1. The molecule has 1 unspecified atom stereocenters. The van der Waals surface area contributed by atoms with Gasteiger partial charge in [0.1, 0.15) is 12.4 Å². The molecule has 0 saturated heterocycles. The second-order valence-corrected chi connectivity index (χ2v) is 3.58. The highest BCUT2D eigenvalue weighted by molar-refractivity contribution is 5.36. The largest absolute Gasteiger partial charge is 0.489 e. The minimum Gasteiger partial charge on any atom is -0.489 e. The number of hydrogen-bond donors (Lipinski definition) is 1. The zero-order valence-corrected chi connectivity index (χ0v) is 10.1. The molecule has 0 aliphatic heterocycles. The van der Waals surface area contributed by atoms with E-state index < -0.39 is 0 Å². The maximum atomic E-state index is 8.60. The molecule has 1 rings (SSSR count). The third-order valence-electron chi connectivity index (χ3n) is 2.09. The topological polar surface area (TPSA) is 51.6 Å². The highest BCUT2D eigenvalue weighted by Gasteiger charge is 2.04. The maximum Gasteiger partial charge on any atom is 0.139 e. The van der Waals surface area contributed by atoms with Crippen LogP contribution >= 0.6 is 0 Å². The number of ether oxygens (including phenoxy) is 2. The van der Waals surface area contributed by atoms with E-state index in [4.69, 9.17) is 14.6 Å². The quantitative estimate of drug-likeness (QED) is 0.780. The summed E-state index contributed by atoms with van der Waals surface area (Å²) < 4.78 is 10.6. The van der Waals surface area contributed by atoms with Gasteiger partial charge in [-0.15, -0.1) is 0 Å². The second-order valence-electron chi connectivity index (χ2n) is 3.58. The van der Waals surface area contributed by atoms with Crippen LogP contribution in [0.3, 0.4) is 0 Å². The van der Waals surface area contributed by atoms with Gasteiger partial charge in [0.05, 0.1) is 12.3 Å². The van der Waals surface area contributed by atoms with Gasteiger partial charge in [0.2, 0.25) is 0 Å². The first-order chi connectivity index (χ1) is 8.26. The lowest BCUT2D eigenvalue weighted by Gasteiger charge is -2.13. The van der Waals surface area contributed by atoms with Crippen molar-refractivity contribution in [2.24, 2.45) is 0 Å². The lowest BCUT2D eigenvalue weighted by molar-refractivity contribution is 0.135. The van der Waals surface area contributed by atoms with E-state index in [1.54, 1.807) is 25.6 Å². The Labute approximate surface area is 102 Å². The average Bonchev–Trinajstić information content (AvgIpc) is 2.34. The summed E-state index contributed by atoms with van der Waals surface area (Å²) in [6.07, 6.45) is 4.17. The van der Waals surface area contributed by atoms with Crippen molar-refractivity contribution in [3.05, 3.63) is 24.0 Å². The van der Waals surface area contributed by atoms with Gasteiger partial charge in [0.25, 0.3) is 0 Å². The number of aliphatic hydroxyl groups excluding tert-OH is 1. The second kappa shape index (κ2) is 7.66. The Bertz CT molecular complexity index is 395. The first-order valence-electron chi connectivity index (χ1n) is 5.46. The van der Waals surface area contributed by atoms with Crippen LogP contribution in [0.15, 0.2) is 18.5 Å². The van der Waals surface area contributed by atoms with Gasteiger partial charge in [-0.05, 0) is 13.0 Å². The molecule has 1 atom stereocenters. The van der Waals surface area contributed by atoms with Crippen LogP contribution in [0, 0.1) is 11.8 Å². The number of nitrogens with zero attached hydrogens (tertiary/aromatic N) is 1. The SMILES string of the molecule is COCCC(C)Oc1cncc(C#CCO)c1. The number of rotatable bonds is 5. The first kappa shape index (κ1) is 13.5. The normalized spacial score (nSPS) is 11.5. The van der Waals surface area contributed by atoms with E-state index in [2.05, 4.69) is 16.8 Å². The number of methoxy groups -OCH3 is 1. The summed E-state index contributed by atoms with van der Waals surface area (Å²) in [5, 5.41) is 8.60. The van der Waals surface area contributed by atoms with E-state index in [0.717, 1.165) is 12.0 Å². The molecule has 1 heterocycles. The van der Waals surface area contributed by atoms with Crippen molar-refractivity contribution < 1.29 is 14.6 Å². The van der Waals surface area contributed by atoms with Gasteiger partial charge in [-0.2, -0.15) is 0 Å². The molecule has 0 fully saturated rings. The Kier molecular flexibility index (Phi) is 6.08. The molecule has 0 aliphatic carbocycles. The minimum absolute atomic E-state index is 0.0674. The Hall–Kier alpha value is -1.57. The molecule has 0 radical (unpaired) electrons. The molecule has 4 heteroatoms. The highest BCUT2D eigenvalue weighted by Crippen LogP contribution is 2.13. The Morgan fingerprint density at radius 2 is 2.29 bits per heavy atom. The Morgan fingerprint density at radius 1 is 1.47 bits per heavy atom. The summed E-state index contributed by atoms with van der Waals surface area (Å²) in [6.45, 7) is 2.49. The van der Waals surface area contributed by atoms with Crippen molar-refractivity contribution in [1.82, 2.24) is 4.98 Å². The van der Waals surface area contributed by atoms with Crippen molar-refractivity contribution >= 4 is 0 Å². The average molecular weight is 235 g/mol. The highest BCUT2D eigenvalue weighted by atomic mass is 16.5. The van der Waals surface area contributed by atoms with Crippen LogP contribution in [-0.4, -0.2) is 36.5 Å². The molecule has 17 heavy (non-hydrogen) atoms. The molecule has 0 aromatic carbocycles. The standard InChI is InChI=1S/C13H17NO3/c1-11(5-7-16-2)17-13-8-12(4-3-6-15)9-14-10-13/h8-11,15H,5-7H2,1-2H3. The van der Waals surface area contributed by atoms with E-state index in [1.165, 1.54) is 0 Å². The van der Waals surface area contributed by atoms with Gasteiger partial charge in [-0.3, -0.25) is 4.98 Å². The van der Waals surface area contributed by atoms with Gasteiger partial charge in [-0.1, -0.05) is 11.8 Å². The van der Waals surface area contributed by atoms with Crippen molar-refractivity contribution in [3.63, 3.8) is 0 Å². The van der Waals surface area contributed by atoms with E-state index in [-0.39, 0.29) is 12.7 Å². The summed E-state index contributed by atoms with van der Waals surface area (Å²) in [7, 11) is 1.67. The lowest BCUT2D eigenvalue weighted by Crippen LogP contribution is -2.14. The van der Waals surface area contributed by atoms with E-state index in [9.17, 15) is 0 Å². The minimum atomic E-state index is -0.157. The van der Waals surface area contributed by atoms with Crippen LogP contribution < -0.4 is 4.74 Å². The van der Waals surface area contributed by atoms with E-state index >= 15 is 0 Å². The van der Waals surface area contributed by atoms with Crippen LogP contribution in [0.1, 0.15) is 18.9 Å². The number of hydrogen-bond acceptors (Lipinski definition) is 4. The Balaban J connectivity index is 2.59. The molecule has 1 N–H and O–H groups in total. The fourth-order valence-corrected chi connectivity index (χ4v) is 1.27. The van der Waals surface area contributed by atoms with Crippen molar-refractivity contribution in [2.75, 3.05) is 20.3 Å². The zero-order valence-electron chi connectivity index (χ0n) is 10.1. The van der Waals surface area contributed by atoms with Gasteiger partial charge in [0, 0.05) is 31.9 Å². The summed E-state index contributed by atoms with van der Waals surface area (Å²) in [5.74, 6) is 6.03. The van der Waals surface area contributed by atoms with Crippen LogP contribution in [-0.2, 0) is 4.74 Å². The summed E-state index contributed by atoms with van der Waals surface area (Å²) >= 11 is 0. The maximum absolute atomic E-state index is 8.60. The van der Waals surface area contributed by atoms with Gasteiger partial charge in [-0.25, -0.2) is 0 Å². The lowest BCUT2D eigenvalue weighted by atomic mass is 10.2. The Morgan fingerprint density at radius 3 is 3.00 bits per heavy atom. The summed E-state index contributed by atoms with van der Waals surface area (Å²) in [6, 6.07) is 1.80. The number of aromatic nitrogens is 1. The van der Waals surface area contributed by atoms with Crippen molar-refractivity contribution in [1.29, 1.82) is 0 Å². The fourth-order valence-electron chi connectivity index (χ4n) is 1.27. The zero-order chi connectivity index (χ0) is 12.5. The molecular formula is C13H17NO3. The van der Waals surface area contributed by atoms with Gasteiger partial charge >= 0.3 is 0 Å². The van der Waals surface area contributed by atoms with E-state index in [0.29, 0.717) is 12.4 Å². The van der Waals surface area contributed by atoms with Crippen LogP contribution in [0.2, 0.25) is 0 Å². The summed E-state index contributed by atoms with van der Waals surface area (Å²) in [4.78, 5) is 4.03. The predicted molar refractivity (Wildman–Crippen MR) is 64.8 cm³/mol. The molecule has 0 aliphatic rings. The van der Waals surface area contributed by atoms with Crippen LogP contribution in [0.5, 0.6) is 5.75 Å².